The number of aryl methyl sites for hydroxylation is 1. The molecule has 0 saturated carbocycles. The molecule has 2 unspecified atom stereocenters. The fourth-order valence-electron chi connectivity index (χ4n) is 3.82. The molecule has 2 atom stereocenters. The largest absolute Gasteiger partial charge is 0.507 e. The number of alkyl halides is 3. The number of aromatic nitrogens is 3. The molecule has 9 heteroatoms. The van der Waals surface area contributed by atoms with Crippen molar-refractivity contribution in [2.75, 3.05) is 13.2 Å². The fourth-order valence-corrected chi connectivity index (χ4v) is 3.82. The first-order chi connectivity index (χ1) is 13.7. The molecule has 1 fully saturated rings. The molecule has 0 aliphatic carbocycles. The molecule has 4 rings (SSSR count). The van der Waals surface area contributed by atoms with Gasteiger partial charge in [-0.25, -0.2) is 4.98 Å². The van der Waals surface area contributed by atoms with Crippen molar-refractivity contribution >= 4 is 11.0 Å². The molecular weight excluding hydrogens is 387 g/mol. The zero-order valence-corrected chi connectivity index (χ0v) is 15.9. The summed E-state index contributed by atoms with van der Waals surface area (Å²) in [6.07, 6.45) is -4.57. The van der Waals surface area contributed by atoms with E-state index in [-0.39, 0.29) is 17.2 Å². The maximum absolute atomic E-state index is 13.0. The summed E-state index contributed by atoms with van der Waals surface area (Å²) in [4.78, 5) is 4.47. The zero-order chi connectivity index (χ0) is 20.9. The normalized spacial score (nSPS) is 18.5. The summed E-state index contributed by atoms with van der Waals surface area (Å²) >= 11 is 0. The van der Waals surface area contributed by atoms with Crippen molar-refractivity contribution in [3.05, 3.63) is 41.1 Å². The molecule has 29 heavy (non-hydrogen) atoms. The number of hydrogen-bond acceptors (Lipinski definition) is 5. The van der Waals surface area contributed by atoms with E-state index in [0.29, 0.717) is 41.7 Å². The van der Waals surface area contributed by atoms with E-state index in [9.17, 15) is 23.4 Å². The quantitative estimate of drug-likeness (QED) is 0.682. The van der Waals surface area contributed by atoms with Gasteiger partial charge >= 0.3 is 6.18 Å². The first-order valence-corrected chi connectivity index (χ1v) is 9.23. The van der Waals surface area contributed by atoms with Crippen molar-refractivity contribution in [3.8, 4) is 17.0 Å². The Morgan fingerprint density at radius 2 is 2.03 bits per heavy atom. The summed E-state index contributed by atoms with van der Waals surface area (Å²) in [6, 6.07) is 5.00. The second-order valence-electron chi connectivity index (χ2n) is 7.28. The molecule has 2 aromatic heterocycles. The summed E-state index contributed by atoms with van der Waals surface area (Å²) in [5.41, 5.74) is 0.831. The van der Waals surface area contributed by atoms with Crippen molar-refractivity contribution in [1.29, 1.82) is 0 Å². The average Bonchev–Trinajstić information content (AvgIpc) is 3.27. The number of aliphatic hydroxyl groups is 1. The van der Waals surface area contributed by atoms with Crippen LogP contribution in [-0.2, 0) is 10.9 Å². The summed E-state index contributed by atoms with van der Waals surface area (Å²) in [5.74, 6) is -0.497. The van der Waals surface area contributed by atoms with Crippen LogP contribution in [-0.4, -0.2) is 38.2 Å². The van der Waals surface area contributed by atoms with Gasteiger partial charge < -0.3 is 14.9 Å². The summed E-state index contributed by atoms with van der Waals surface area (Å²) < 4.78 is 46.1. The lowest BCUT2D eigenvalue weighted by atomic mass is 10.00. The lowest BCUT2D eigenvalue weighted by Gasteiger charge is -2.14. The van der Waals surface area contributed by atoms with Gasteiger partial charge in [0.05, 0.1) is 35.7 Å². The van der Waals surface area contributed by atoms with Crippen LogP contribution in [0.4, 0.5) is 13.2 Å². The van der Waals surface area contributed by atoms with Crippen LogP contribution < -0.4 is 0 Å². The number of nitrogens with zero attached hydrogens (tertiary/aromatic N) is 3. The highest BCUT2D eigenvalue weighted by Crippen LogP contribution is 2.39. The minimum Gasteiger partial charge on any atom is -0.507 e. The topological polar surface area (TPSA) is 80.4 Å². The number of pyridine rings is 1. The number of phenols is 1. The number of aliphatic hydroxyl groups excluding tert-OH is 1. The zero-order valence-electron chi connectivity index (χ0n) is 15.9. The highest BCUT2D eigenvalue weighted by Gasteiger charge is 2.32. The minimum absolute atomic E-state index is 0.0153. The van der Waals surface area contributed by atoms with Crippen LogP contribution in [0.3, 0.4) is 0 Å². The third-order valence-corrected chi connectivity index (χ3v) is 5.15. The minimum atomic E-state index is -4.55. The van der Waals surface area contributed by atoms with E-state index in [1.54, 1.807) is 23.7 Å². The number of ether oxygens (including phenoxy) is 1. The standard InChI is InChI=1S/C20H20F3N3O3/c1-10-7-12(20(21,22)23)8-16(28)17(10)15-4-3-14-18(11(2)27)26(25-19(14)24-15)13-5-6-29-9-13/h3-4,7-8,11,13,27-28H,5-6,9H2,1-2H3. The van der Waals surface area contributed by atoms with Crippen LogP contribution in [0.15, 0.2) is 24.3 Å². The van der Waals surface area contributed by atoms with Crippen molar-refractivity contribution in [3.63, 3.8) is 0 Å². The molecule has 0 amide bonds. The summed E-state index contributed by atoms with van der Waals surface area (Å²) in [6.45, 7) is 4.23. The lowest BCUT2D eigenvalue weighted by molar-refractivity contribution is -0.137. The molecule has 6 nitrogen and oxygen atoms in total. The molecule has 1 aliphatic rings. The first-order valence-electron chi connectivity index (χ1n) is 9.23. The smallest absolute Gasteiger partial charge is 0.416 e. The van der Waals surface area contributed by atoms with Gasteiger partial charge in [0.15, 0.2) is 5.65 Å². The second-order valence-corrected chi connectivity index (χ2v) is 7.28. The van der Waals surface area contributed by atoms with Crippen molar-refractivity contribution in [2.24, 2.45) is 0 Å². The highest BCUT2D eigenvalue weighted by molar-refractivity contribution is 5.83. The Bertz CT molecular complexity index is 1050. The van der Waals surface area contributed by atoms with Crippen molar-refractivity contribution < 1.29 is 28.1 Å². The molecule has 0 radical (unpaired) electrons. The molecule has 3 heterocycles. The van der Waals surface area contributed by atoms with Crippen molar-refractivity contribution in [2.45, 2.75) is 38.6 Å². The van der Waals surface area contributed by atoms with E-state index >= 15 is 0 Å². The SMILES string of the molecule is Cc1cc(C(F)(F)F)cc(O)c1-c1ccc2c(C(C)O)n(C3CCOC3)nc2n1. The van der Waals surface area contributed by atoms with E-state index in [1.807, 2.05) is 0 Å². The molecule has 2 N–H and O–H groups in total. The van der Waals surface area contributed by atoms with Gasteiger partial charge in [0.1, 0.15) is 5.75 Å². The van der Waals surface area contributed by atoms with Gasteiger partial charge in [-0.2, -0.15) is 18.3 Å². The molecule has 1 aromatic carbocycles. The van der Waals surface area contributed by atoms with E-state index in [4.69, 9.17) is 4.74 Å². The Kier molecular flexibility index (Phi) is 4.74. The van der Waals surface area contributed by atoms with Gasteiger partial charge in [-0.3, -0.25) is 4.68 Å². The van der Waals surface area contributed by atoms with Crippen LogP contribution in [0, 0.1) is 6.92 Å². The van der Waals surface area contributed by atoms with Crippen LogP contribution in [0.2, 0.25) is 0 Å². The van der Waals surface area contributed by atoms with Gasteiger partial charge in [0, 0.05) is 17.6 Å². The summed E-state index contributed by atoms with van der Waals surface area (Å²) in [7, 11) is 0. The second kappa shape index (κ2) is 7.00. The van der Waals surface area contributed by atoms with Gasteiger partial charge in [-0.15, -0.1) is 0 Å². The van der Waals surface area contributed by atoms with Gasteiger partial charge in [0.2, 0.25) is 0 Å². The maximum Gasteiger partial charge on any atom is 0.416 e. The molecular formula is C20H20F3N3O3. The number of aromatic hydroxyl groups is 1. The molecule has 0 spiro atoms. The number of phenolic OH excluding ortho intramolecular Hbond substituents is 1. The van der Waals surface area contributed by atoms with Crippen molar-refractivity contribution in [1.82, 2.24) is 14.8 Å². The molecule has 154 valence electrons. The van der Waals surface area contributed by atoms with Crippen LogP contribution >= 0.6 is 0 Å². The number of rotatable bonds is 3. The van der Waals surface area contributed by atoms with Gasteiger partial charge in [-0.05, 0) is 50.1 Å². The lowest BCUT2D eigenvalue weighted by Crippen LogP contribution is -2.15. The fraction of sp³-hybridized carbons (Fsp3) is 0.400. The monoisotopic (exact) mass is 407 g/mol. The Labute approximate surface area is 164 Å². The first kappa shape index (κ1) is 19.7. The molecule has 0 bridgehead atoms. The Hall–Kier alpha value is -2.65. The Balaban J connectivity index is 1.85. The number of hydrogen-bond donors (Lipinski definition) is 2. The van der Waals surface area contributed by atoms with Crippen LogP contribution in [0.25, 0.3) is 22.3 Å². The number of halogens is 3. The Morgan fingerprint density at radius 1 is 1.28 bits per heavy atom. The van der Waals surface area contributed by atoms with E-state index in [1.165, 1.54) is 6.92 Å². The molecule has 3 aromatic rings. The Morgan fingerprint density at radius 3 is 2.62 bits per heavy atom. The number of fused-ring (bicyclic) bond motifs is 1. The number of benzene rings is 1. The molecule has 1 aliphatic heterocycles. The predicted molar refractivity (Wildman–Crippen MR) is 99.5 cm³/mol. The van der Waals surface area contributed by atoms with E-state index < -0.39 is 23.6 Å². The predicted octanol–water partition coefficient (Wildman–Crippen LogP) is 4.15. The third kappa shape index (κ3) is 3.44. The summed E-state index contributed by atoms with van der Waals surface area (Å²) in [5, 5.41) is 25.7. The maximum atomic E-state index is 13.0. The highest BCUT2D eigenvalue weighted by atomic mass is 19.4. The van der Waals surface area contributed by atoms with E-state index in [2.05, 4.69) is 10.1 Å². The van der Waals surface area contributed by atoms with Gasteiger partial charge in [-0.1, -0.05) is 0 Å². The van der Waals surface area contributed by atoms with E-state index in [0.717, 1.165) is 12.5 Å². The average molecular weight is 407 g/mol. The van der Waals surface area contributed by atoms with Crippen LogP contribution in [0.1, 0.15) is 42.3 Å². The van der Waals surface area contributed by atoms with Crippen LogP contribution in [0.5, 0.6) is 5.75 Å². The van der Waals surface area contributed by atoms with Gasteiger partial charge in [0.25, 0.3) is 0 Å². The third-order valence-electron chi connectivity index (χ3n) is 5.15. The molecule has 1 saturated heterocycles.